The molecule has 5 nitrogen and oxygen atoms in total. The monoisotopic (exact) mass is 158 g/mol. The smallest absolute Gasteiger partial charge is 0.328 e. The van der Waals surface area contributed by atoms with Crippen molar-refractivity contribution in [2.45, 2.75) is 6.04 Å². The minimum atomic E-state index is -0.449. The highest BCUT2D eigenvalue weighted by Crippen LogP contribution is 2.01. The second kappa shape index (κ2) is 3.25. The fourth-order valence-electron chi connectivity index (χ4n) is 0.757. The fourth-order valence-corrected chi connectivity index (χ4v) is 0.757. The largest absolute Gasteiger partial charge is 0.482 e. The third kappa shape index (κ3) is 1.62. The fraction of sp³-hybridized carbons (Fsp3) is 0.500. The predicted octanol–water partition coefficient (Wildman–Crippen LogP) is -0.876. The van der Waals surface area contributed by atoms with Gasteiger partial charge in [0.05, 0.1) is 14.2 Å². The molecule has 0 saturated carbocycles. The van der Waals surface area contributed by atoms with E-state index in [2.05, 4.69) is 15.6 Å². The molecule has 1 aliphatic rings. The van der Waals surface area contributed by atoms with Crippen LogP contribution in [0, 0.1) is 0 Å². The highest BCUT2D eigenvalue weighted by atomic mass is 16.5. The van der Waals surface area contributed by atoms with Crippen LogP contribution in [0.5, 0.6) is 0 Å². The number of hydrazine groups is 1. The van der Waals surface area contributed by atoms with Gasteiger partial charge in [-0.25, -0.2) is 10.2 Å². The quantitative estimate of drug-likeness (QED) is 0.511. The lowest BCUT2D eigenvalue weighted by Crippen LogP contribution is -2.38. The molecule has 0 spiro atoms. The Morgan fingerprint density at radius 1 is 1.64 bits per heavy atom. The summed E-state index contributed by atoms with van der Waals surface area (Å²) in [5.41, 5.74) is 5.33. The van der Waals surface area contributed by atoms with E-state index in [1.165, 1.54) is 14.2 Å². The number of esters is 1. The van der Waals surface area contributed by atoms with Gasteiger partial charge < -0.3 is 9.47 Å². The van der Waals surface area contributed by atoms with Crippen molar-refractivity contribution in [3.8, 4) is 0 Å². The van der Waals surface area contributed by atoms with Gasteiger partial charge in [0.15, 0.2) is 5.88 Å². The van der Waals surface area contributed by atoms with Gasteiger partial charge in [0, 0.05) is 6.08 Å². The second-order valence-corrected chi connectivity index (χ2v) is 2.01. The Kier molecular flexibility index (Phi) is 2.32. The normalized spacial score (nSPS) is 22.0. The first kappa shape index (κ1) is 7.87. The molecular formula is C6H10N2O3. The number of carbonyl (C=O) groups is 1. The highest BCUT2D eigenvalue weighted by Gasteiger charge is 2.22. The molecule has 0 aromatic heterocycles. The number of methoxy groups -OCH3 is 2. The van der Waals surface area contributed by atoms with E-state index >= 15 is 0 Å². The topological polar surface area (TPSA) is 59.6 Å². The third-order valence-corrected chi connectivity index (χ3v) is 1.34. The Balaban J connectivity index is 2.52. The van der Waals surface area contributed by atoms with Gasteiger partial charge in [0.25, 0.3) is 0 Å². The molecule has 0 aromatic rings. The minimum Gasteiger partial charge on any atom is -0.482 e. The van der Waals surface area contributed by atoms with E-state index in [0.29, 0.717) is 5.88 Å². The maximum Gasteiger partial charge on any atom is 0.328 e. The zero-order valence-corrected chi connectivity index (χ0v) is 6.38. The van der Waals surface area contributed by atoms with E-state index in [4.69, 9.17) is 4.74 Å². The first-order chi connectivity index (χ1) is 5.27. The molecule has 0 aromatic carbocycles. The number of nitrogens with one attached hydrogen (secondary N) is 2. The maximum absolute atomic E-state index is 10.9. The molecular weight excluding hydrogens is 148 g/mol. The van der Waals surface area contributed by atoms with E-state index in [0.717, 1.165) is 0 Å². The Morgan fingerprint density at radius 2 is 2.36 bits per heavy atom. The molecule has 2 N–H and O–H groups in total. The van der Waals surface area contributed by atoms with Crippen molar-refractivity contribution in [2.24, 2.45) is 0 Å². The van der Waals surface area contributed by atoms with Crippen LogP contribution in [0.2, 0.25) is 0 Å². The Morgan fingerprint density at radius 3 is 2.82 bits per heavy atom. The molecule has 5 heteroatoms. The molecule has 1 atom stereocenters. The molecule has 1 aliphatic heterocycles. The Bertz CT molecular complexity index is 190. The van der Waals surface area contributed by atoms with Crippen molar-refractivity contribution >= 4 is 5.97 Å². The number of ether oxygens (including phenoxy) is 2. The van der Waals surface area contributed by atoms with E-state index in [1.54, 1.807) is 6.08 Å². The van der Waals surface area contributed by atoms with Gasteiger partial charge in [-0.2, -0.15) is 0 Å². The predicted molar refractivity (Wildman–Crippen MR) is 37.2 cm³/mol. The van der Waals surface area contributed by atoms with Crippen LogP contribution >= 0.6 is 0 Å². The van der Waals surface area contributed by atoms with Crippen molar-refractivity contribution in [3.05, 3.63) is 12.0 Å². The Labute approximate surface area is 64.3 Å². The number of rotatable bonds is 2. The van der Waals surface area contributed by atoms with Gasteiger partial charge in [-0.1, -0.05) is 0 Å². The number of hydrogen-bond acceptors (Lipinski definition) is 5. The SMILES string of the molecule is COC(=O)C1C=C(OC)NN1. The number of hydrogen-bond donors (Lipinski definition) is 2. The second-order valence-electron chi connectivity index (χ2n) is 2.01. The lowest BCUT2D eigenvalue weighted by atomic mass is 10.3. The molecule has 11 heavy (non-hydrogen) atoms. The van der Waals surface area contributed by atoms with E-state index in [1.807, 2.05) is 0 Å². The Hall–Kier alpha value is -1.23. The van der Waals surface area contributed by atoms with Crippen molar-refractivity contribution in [1.29, 1.82) is 0 Å². The minimum absolute atomic E-state index is 0.343. The van der Waals surface area contributed by atoms with Crippen LogP contribution in [-0.2, 0) is 14.3 Å². The summed E-state index contributed by atoms with van der Waals surface area (Å²) in [4.78, 5) is 10.9. The molecule has 0 radical (unpaired) electrons. The summed E-state index contributed by atoms with van der Waals surface area (Å²) in [5, 5.41) is 0. The van der Waals surface area contributed by atoms with Gasteiger partial charge in [0.1, 0.15) is 6.04 Å². The summed E-state index contributed by atoms with van der Waals surface area (Å²) >= 11 is 0. The molecule has 0 aliphatic carbocycles. The molecule has 0 amide bonds. The van der Waals surface area contributed by atoms with Crippen LogP contribution in [0.1, 0.15) is 0 Å². The van der Waals surface area contributed by atoms with Gasteiger partial charge in [-0.05, 0) is 0 Å². The summed E-state index contributed by atoms with van der Waals surface area (Å²) in [5.74, 6) is 0.185. The summed E-state index contributed by atoms with van der Waals surface area (Å²) in [6.07, 6.45) is 1.60. The molecule has 0 saturated heterocycles. The zero-order chi connectivity index (χ0) is 8.27. The van der Waals surface area contributed by atoms with Crippen molar-refractivity contribution in [1.82, 2.24) is 10.9 Å². The van der Waals surface area contributed by atoms with E-state index in [9.17, 15) is 4.79 Å². The van der Waals surface area contributed by atoms with E-state index in [-0.39, 0.29) is 5.97 Å². The lowest BCUT2D eigenvalue weighted by Gasteiger charge is -2.04. The summed E-state index contributed by atoms with van der Waals surface area (Å²) in [6.45, 7) is 0. The lowest BCUT2D eigenvalue weighted by molar-refractivity contribution is -0.141. The molecule has 1 rings (SSSR count). The van der Waals surface area contributed by atoms with Crippen molar-refractivity contribution < 1.29 is 14.3 Å². The standard InChI is InChI=1S/C6H10N2O3/c1-10-5-3-4(7-8-5)6(9)11-2/h3-4,7-8H,1-2H3. The molecule has 1 unspecified atom stereocenters. The third-order valence-electron chi connectivity index (χ3n) is 1.34. The van der Waals surface area contributed by atoms with Crippen LogP contribution in [0.3, 0.4) is 0 Å². The summed E-state index contributed by atoms with van der Waals surface area (Å²) in [7, 11) is 2.85. The summed E-state index contributed by atoms with van der Waals surface area (Å²) < 4.78 is 9.30. The van der Waals surface area contributed by atoms with E-state index < -0.39 is 6.04 Å². The highest BCUT2D eigenvalue weighted by molar-refractivity contribution is 5.78. The van der Waals surface area contributed by atoms with Crippen molar-refractivity contribution in [2.75, 3.05) is 14.2 Å². The molecule has 0 fully saturated rings. The van der Waals surface area contributed by atoms with Gasteiger partial charge in [-0.15, -0.1) is 0 Å². The average Bonchev–Trinajstić information content (AvgIpc) is 2.50. The zero-order valence-electron chi connectivity index (χ0n) is 6.38. The first-order valence-electron chi connectivity index (χ1n) is 3.13. The number of carbonyl (C=O) groups excluding carboxylic acids is 1. The van der Waals surface area contributed by atoms with Crippen LogP contribution in [0.4, 0.5) is 0 Å². The average molecular weight is 158 g/mol. The first-order valence-corrected chi connectivity index (χ1v) is 3.13. The van der Waals surface area contributed by atoms with Crippen molar-refractivity contribution in [3.63, 3.8) is 0 Å². The van der Waals surface area contributed by atoms with Crippen LogP contribution in [-0.4, -0.2) is 26.2 Å². The van der Waals surface area contributed by atoms with Gasteiger partial charge >= 0.3 is 5.97 Å². The molecule has 0 bridgehead atoms. The van der Waals surface area contributed by atoms with Crippen LogP contribution in [0.25, 0.3) is 0 Å². The molecule has 62 valence electrons. The van der Waals surface area contributed by atoms with Crippen LogP contribution in [0.15, 0.2) is 12.0 Å². The van der Waals surface area contributed by atoms with Gasteiger partial charge in [-0.3, -0.25) is 5.43 Å². The van der Waals surface area contributed by atoms with Gasteiger partial charge in [0.2, 0.25) is 0 Å². The van der Waals surface area contributed by atoms with Crippen LogP contribution < -0.4 is 10.9 Å². The maximum atomic E-state index is 10.9. The molecule has 1 heterocycles. The summed E-state index contributed by atoms with van der Waals surface area (Å²) in [6, 6.07) is -0.449.